The summed E-state index contributed by atoms with van der Waals surface area (Å²) in [5.41, 5.74) is 7.01. The average Bonchev–Trinajstić information content (AvgIpc) is 3.16. The first-order chi connectivity index (χ1) is 24.8. The van der Waals surface area contributed by atoms with Gasteiger partial charge in [-0.15, -0.1) is 0 Å². The van der Waals surface area contributed by atoms with Crippen LogP contribution in [0.2, 0.25) is 0 Å². The predicted molar refractivity (Wildman–Crippen MR) is 213 cm³/mol. The summed E-state index contributed by atoms with van der Waals surface area (Å²) in [5, 5.41) is 84.4. The lowest BCUT2D eigenvalue weighted by Gasteiger charge is -2.25. The van der Waals surface area contributed by atoms with E-state index in [9.17, 15) is 74.4 Å². The van der Waals surface area contributed by atoms with Crippen molar-refractivity contribution in [2.75, 3.05) is 46.0 Å². The Morgan fingerprint density at radius 1 is 0.509 bits per heavy atom. The SMILES string of the molecule is O=C(CI)CCCNC(=O)[C@@H](O)[C@H](O)[C@H](O)[C@@H](O)C(=O)CCCNC(=O)CI.O=C(Cl)CI.[NH3+]CCCC(=O)[C@H](O)[C@@H](O)[C@@H](O)[C@H](O)C(=O)NCC[NH3+]. The van der Waals surface area contributed by atoms with E-state index in [4.69, 9.17) is 11.6 Å². The Hall–Kier alpha value is -0.830. The monoisotopic (exact) mass is 1130 g/mol. The Bertz CT molecular complexity index is 1040. The molecule has 0 aliphatic rings. The highest BCUT2D eigenvalue weighted by molar-refractivity contribution is 14.1. The molecule has 0 fully saturated rings. The van der Waals surface area contributed by atoms with Crippen LogP contribution in [-0.2, 0) is 33.6 Å². The van der Waals surface area contributed by atoms with Gasteiger partial charge in [0.2, 0.25) is 11.1 Å². The number of carbonyl (C=O) groups excluding carboxylic acids is 7. The molecule has 0 radical (unpaired) electrons. The highest BCUT2D eigenvalue weighted by Gasteiger charge is 2.38. The van der Waals surface area contributed by atoms with Gasteiger partial charge >= 0.3 is 0 Å². The van der Waals surface area contributed by atoms with Gasteiger partial charge in [0.15, 0.2) is 23.8 Å². The van der Waals surface area contributed by atoms with E-state index in [0.29, 0.717) is 34.8 Å². The van der Waals surface area contributed by atoms with Gasteiger partial charge < -0.3 is 68.3 Å². The topological polar surface area (TPSA) is 373 Å². The van der Waals surface area contributed by atoms with Crippen LogP contribution in [0.4, 0.5) is 0 Å². The van der Waals surface area contributed by atoms with Gasteiger partial charge in [-0.2, -0.15) is 0 Å². The Labute approximate surface area is 352 Å². The van der Waals surface area contributed by atoms with Crippen molar-refractivity contribution in [3.8, 4) is 0 Å². The first-order valence-corrected chi connectivity index (χ1v) is 21.0. The largest absolute Gasteiger partial charge is 0.387 e. The van der Waals surface area contributed by atoms with Crippen molar-refractivity contribution in [3.63, 3.8) is 0 Å². The zero-order valence-electron chi connectivity index (χ0n) is 28.9. The van der Waals surface area contributed by atoms with Crippen molar-refractivity contribution in [2.45, 2.75) is 87.4 Å². The van der Waals surface area contributed by atoms with Crippen LogP contribution >= 0.6 is 79.4 Å². The van der Waals surface area contributed by atoms with Gasteiger partial charge in [0.1, 0.15) is 42.4 Å². The number of aliphatic hydroxyl groups is 8. The average molecular weight is 1130 g/mol. The molecule has 20 nitrogen and oxygen atoms in total. The molecule has 3 amide bonds. The van der Waals surface area contributed by atoms with Crippen molar-refractivity contribution in [2.24, 2.45) is 0 Å². The van der Waals surface area contributed by atoms with E-state index >= 15 is 0 Å². The van der Waals surface area contributed by atoms with Crippen LogP contribution in [0.15, 0.2) is 0 Å². The number of hydrogen-bond donors (Lipinski definition) is 13. The molecular weight excluding hydrogens is 1070 g/mol. The van der Waals surface area contributed by atoms with Crippen molar-refractivity contribution in [3.05, 3.63) is 0 Å². The third-order valence-corrected chi connectivity index (χ3v) is 9.39. The van der Waals surface area contributed by atoms with Crippen LogP contribution < -0.4 is 27.4 Å². The standard InChI is InChI=1S/C16H26I2N2O8.C11H23N3O6.C2H2ClIO/c17-7-9(21)3-1-6-20-16(28)15(27)14(26)13(25)12(24)10(22)4-2-5-19-11(23)8-18;12-3-1-2-6(15)7(16)8(17)9(18)10(19)11(20)14-5-4-13;3-2(5)1-4/h12-15,24-27H,1-8H2,(H,19,23)(H,20,28);7-10,16-19H,1-5,12-13H2,(H,14,20);1H2/p+2/t12-,13+,14+,15-;7-,8+,9+,10-;/m00./s1. The quantitative estimate of drug-likeness (QED) is 0.0166. The maximum atomic E-state index is 11.8. The highest BCUT2D eigenvalue weighted by atomic mass is 127. The molecule has 0 heterocycles. The number of hydrogen-bond acceptors (Lipinski definition) is 15. The van der Waals surface area contributed by atoms with Crippen molar-refractivity contribution in [1.82, 2.24) is 16.0 Å². The van der Waals surface area contributed by atoms with Crippen LogP contribution in [-0.4, -0.2) is 176 Å². The van der Waals surface area contributed by atoms with Gasteiger partial charge in [-0.25, -0.2) is 0 Å². The fourth-order valence-corrected chi connectivity index (χ4v) is 4.21. The Balaban J connectivity index is -0.000000870. The summed E-state index contributed by atoms with van der Waals surface area (Å²) < 4.78 is 1.03. The van der Waals surface area contributed by atoms with Gasteiger partial charge in [0.05, 0.1) is 32.9 Å². The molecule has 0 saturated carbocycles. The molecule has 8 atom stereocenters. The molecule has 0 bridgehead atoms. The molecular formula is C29H53ClI3N5O15+2. The van der Waals surface area contributed by atoms with Gasteiger partial charge in [0, 0.05) is 38.8 Å². The molecule has 0 aliphatic heterocycles. The predicted octanol–water partition coefficient (Wildman–Crippen LogP) is -6.20. The van der Waals surface area contributed by atoms with E-state index in [2.05, 4.69) is 27.4 Å². The summed E-state index contributed by atoms with van der Waals surface area (Å²) >= 11 is 10.5. The lowest BCUT2D eigenvalue weighted by atomic mass is 9.97. The lowest BCUT2D eigenvalue weighted by Crippen LogP contribution is -2.57. The molecule has 0 rings (SSSR count). The number of carbonyl (C=O) groups is 7. The molecule has 0 saturated heterocycles. The van der Waals surface area contributed by atoms with E-state index in [1.54, 1.807) is 0 Å². The Kier molecular flexibility index (Phi) is 36.7. The maximum Gasteiger partial charge on any atom is 0.251 e. The van der Waals surface area contributed by atoms with E-state index in [-0.39, 0.29) is 66.7 Å². The number of alkyl halides is 3. The summed E-state index contributed by atoms with van der Waals surface area (Å²) in [7, 11) is 0. The molecule has 0 aliphatic carbocycles. The second-order valence-electron chi connectivity index (χ2n) is 10.9. The minimum atomic E-state index is -2.08. The fourth-order valence-electron chi connectivity index (χ4n) is 3.56. The van der Waals surface area contributed by atoms with E-state index in [1.807, 2.05) is 67.8 Å². The number of nitrogens with one attached hydrogen (secondary N) is 3. The van der Waals surface area contributed by atoms with E-state index < -0.39 is 72.2 Å². The molecule has 310 valence electrons. The second kappa shape index (κ2) is 34.4. The molecule has 0 spiro atoms. The maximum absolute atomic E-state index is 11.8. The van der Waals surface area contributed by atoms with Crippen molar-refractivity contribution < 1.29 is 85.9 Å². The number of amides is 3. The molecule has 0 aromatic heterocycles. The van der Waals surface area contributed by atoms with Gasteiger partial charge in [-0.1, -0.05) is 67.8 Å². The van der Waals surface area contributed by atoms with Gasteiger partial charge in [-0.05, 0) is 24.4 Å². The first-order valence-electron chi connectivity index (χ1n) is 16.1. The summed E-state index contributed by atoms with van der Waals surface area (Å²) in [5.74, 6) is -3.55. The molecule has 24 heteroatoms. The number of rotatable bonds is 26. The molecule has 0 aromatic rings. The van der Waals surface area contributed by atoms with Crippen LogP contribution in [0.3, 0.4) is 0 Å². The molecule has 0 aromatic carbocycles. The minimum Gasteiger partial charge on any atom is -0.387 e. The van der Waals surface area contributed by atoms with Crippen LogP contribution in [0, 0.1) is 0 Å². The lowest BCUT2D eigenvalue weighted by molar-refractivity contribution is -0.368. The van der Waals surface area contributed by atoms with Gasteiger partial charge in [-0.3, -0.25) is 33.6 Å². The third-order valence-electron chi connectivity index (χ3n) is 6.57. The summed E-state index contributed by atoms with van der Waals surface area (Å²) in [6.45, 7) is 1.38. The number of Topliss-reactive ketones (excluding diaryl/α,β-unsaturated/α-hetero) is 3. The minimum absolute atomic E-state index is 0.00174. The summed E-state index contributed by atoms with van der Waals surface area (Å²) in [6.07, 6.45) is -14.8. The summed E-state index contributed by atoms with van der Waals surface area (Å²) in [6, 6.07) is 0. The highest BCUT2D eigenvalue weighted by Crippen LogP contribution is 2.10. The first kappa shape index (κ1) is 56.5. The van der Waals surface area contributed by atoms with Crippen LogP contribution in [0.25, 0.3) is 0 Å². The van der Waals surface area contributed by atoms with Gasteiger partial charge in [0.25, 0.3) is 11.8 Å². The van der Waals surface area contributed by atoms with E-state index in [0.717, 1.165) is 0 Å². The smallest absolute Gasteiger partial charge is 0.251 e. The fraction of sp³-hybridized carbons (Fsp3) is 0.759. The number of quaternary nitrogens is 2. The van der Waals surface area contributed by atoms with Crippen molar-refractivity contribution >= 4 is 120 Å². The zero-order chi connectivity index (χ0) is 41.7. The number of aliphatic hydroxyl groups excluding tert-OH is 8. The molecule has 0 unspecified atom stereocenters. The van der Waals surface area contributed by atoms with Crippen LogP contribution in [0.5, 0.6) is 0 Å². The Morgan fingerprint density at radius 3 is 1.26 bits per heavy atom. The normalized spacial score (nSPS) is 15.2. The molecule has 17 N–H and O–H groups in total. The van der Waals surface area contributed by atoms with Crippen LogP contribution in [0.1, 0.15) is 38.5 Å². The second-order valence-corrected chi connectivity index (χ2v) is 13.6. The molecule has 53 heavy (non-hydrogen) atoms. The number of halogens is 4. The third kappa shape index (κ3) is 27.4. The zero-order valence-corrected chi connectivity index (χ0v) is 36.1. The Morgan fingerprint density at radius 2 is 0.887 bits per heavy atom. The number of ketones is 3. The summed E-state index contributed by atoms with van der Waals surface area (Å²) in [4.78, 5) is 78.2. The van der Waals surface area contributed by atoms with E-state index in [1.165, 1.54) is 0 Å². The van der Waals surface area contributed by atoms with Crippen molar-refractivity contribution in [1.29, 1.82) is 0 Å².